The molecule has 3 rings (SSSR count). The Hall–Kier alpha value is -3.46. The van der Waals surface area contributed by atoms with E-state index in [0.29, 0.717) is 40.2 Å². The number of hydrogen-bond donors (Lipinski definition) is 0. The molecule has 0 radical (unpaired) electrons. The molecule has 0 saturated heterocycles. The molecule has 9 heteroatoms. The second-order valence-electron chi connectivity index (χ2n) is 9.20. The molecule has 3 aromatic rings. The lowest BCUT2D eigenvalue weighted by molar-refractivity contribution is -0.147. The van der Waals surface area contributed by atoms with Crippen LogP contribution in [-0.2, 0) is 21.4 Å². The van der Waals surface area contributed by atoms with Gasteiger partial charge in [-0.1, -0.05) is 42.8 Å². The minimum atomic E-state index is -0.831. The summed E-state index contributed by atoms with van der Waals surface area (Å²) in [7, 11) is 2.81. The molecule has 0 spiro atoms. The third-order valence-corrected chi connectivity index (χ3v) is 5.86. The molecule has 0 saturated carbocycles. The minimum Gasteiger partial charge on any atom is -0.493 e. The van der Waals surface area contributed by atoms with Crippen LogP contribution < -0.4 is 15.0 Å². The topological polar surface area (TPSA) is 92.0 Å². The SMILES string of the molecule is C=CCc1cc(C=Nn2c(C(C)(C)C)nc3ccc(Br)cc3c2=O)cc(OC)c1O[C@@H](C)C(=O)OC. The van der Waals surface area contributed by atoms with Crippen molar-refractivity contribution in [1.29, 1.82) is 0 Å². The zero-order chi connectivity index (χ0) is 26.6. The summed E-state index contributed by atoms with van der Waals surface area (Å²) in [6.07, 6.45) is 2.92. The van der Waals surface area contributed by atoms with Crippen LogP contribution in [0.3, 0.4) is 0 Å². The molecule has 0 amide bonds. The van der Waals surface area contributed by atoms with Gasteiger partial charge < -0.3 is 14.2 Å². The number of aromatic nitrogens is 2. The molecule has 0 bridgehead atoms. The molecule has 1 aromatic heterocycles. The van der Waals surface area contributed by atoms with Crippen LogP contribution in [0, 0.1) is 0 Å². The Kier molecular flexibility index (Phi) is 8.35. The second kappa shape index (κ2) is 11.1. The highest BCUT2D eigenvalue weighted by Gasteiger charge is 2.23. The highest BCUT2D eigenvalue weighted by molar-refractivity contribution is 9.10. The summed E-state index contributed by atoms with van der Waals surface area (Å²) >= 11 is 3.42. The van der Waals surface area contributed by atoms with Crippen molar-refractivity contribution < 1.29 is 19.0 Å². The lowest BCUT2D eigenvalue weighted by Crippen LogP contribution is -2.29. The Morgan fingerprint density at radius 2 is 1.97 bits per heavy atom. The van der Waals surface area contributed by atoms with Crippen LogP contribution >= 0.6 is 15.9 Å². The van der Waals surface area contributed by atoms with Crippen LogP contribution in [-0.4, -0.2) is 42.2 Å². The largest absolute Gasteiger partial charge is 0.493 e. The van der Waals surface area contributed by atoms with Gasteiger partial charge in [-0.05, 0) is 49.2 Å². The number of benzene rings is 2. The van der Waals surface area contributed by atoms with E-state index < -0.39 is 17.5 Å². The van der Waals surface area contributed by atoms with E-state index in [9.17, 15) is 9.59 Å². The number of hydrogen-bond acceptors (Lipinski definition) is 7. The van der Waals surface area contributed by atoms with E-state index in [4.69, 9.17) is 19.2 Å². The molecule has 2 aromatic carbocycles. The van der Waals surface area contributed by atoms with Gasteiger partial charge in [0.05, 0.1) is 31.3 Å². The van der Waals surface area contributed by atoms with Crippen molar-refractivity contribution in [3.8, 4) is 11.5 Å². The first kappa shape index (κ1) is 27.1. The third-order valence-electron chi connectivity index (χ3n) is 5.37. The Balaban J connectivity index is 2.15. The number of allylic oxidation sites excluding steroid dienone is 1. The van der Waals surface area contributed by atoms with Crippen LogP contribution in [0.2, 0.25) is 0 Å². The van der Waals surface area contributed by atoms with Crippen molar-refractivity contribution >= 4 is 39.0 Å². The van der Waals surface area contributed by atoms with Gasteiger partial charge in [-0.2, -0.15) is 9.78 Å². The first-order valence-corrected chi connectivity index (χ1v) is 12.1. The molecule has 0 fully saturated rings. The molecule has 1 atom stereocenters. The van der Waals surface area contributed by atoms with E-state index in [-0.39, 0.29) is 5.56 Å². The number of nitrogens with zero attached hydrogens (tertiary/aromatic N) is 3. The smallest absolute Gasteiger partial charge is 0.346 e. The summed E-state index contributed by atoms with van der Waals surface area (Å²) in [6.45, 7) is 11.3. The fourth-order valence-electron chi connectivity index (χ4n) is 3.61. The monoisotopic (exact) mass is 555 g/mol. The van der Waals surface area contributed by atoms with Gasteiger partial charge in [0.15, 0.2) is 17.6 Å². The van der Waals surface area contributed by atoms with E-state index in [0.717, 1.165) is 10.0 Å². The van der Waals surface area contributed by atoms with Gasteiger partial charge in [-0.25, -0.2) is 9.78 Å². The van der Waals surface area contributed by atoms with E-state index in [2.05, 4.69) is 27.6 Å². The Labute approximate surface area is 218 Å². The molecule has 0 aliphatic rings. The lowest BCUT2D eigenvalue weighted by Gasteiger charge is -2.21. The van der Waals surface area contributed by atoms with Gasteiger partial charge >= 0.3 is 5.97 Å². The number of carbonyl (C=O) groups excluding carboxylic acids is 1. The highest BCUT2D eigenvalue weighted by atomic mass is 79.9. The lowest BCUT2D eigenvalue weighted by atomic mass is 9.95. The van der Waals surface area contributed by atoms with E-state index in [1.54, 1.807) is 31.3 Å². The summed E-state index contributed by atoms with van der Waals surface area (Å²) in [6, 6.07) is 8.97. The molecule has 0 N–H and O–H groups in total. The molecular formula is C27H30BrN3O5. The normalized spacial score (nSPS) is 12.5. The molecule has 8 nitrogen and oxygen atoms in total. The van der Waals surface area contributed by atoms with E-state index >= 15 is 0 Å². The standard InChI is InChI=1S/C27H30BrN3O5/c1-8-9-18-12-17(13-22(34-6)23(18)36-16(2)25(33)35-7)15-29-31-24(32)20-14-19(28)10-11-21(20)30-26(31)27(3,4)5/h8,10-16H,1,9H2,2-7H3/t16-/m0/s1. The summed E-state index contributed by atoms with van der Waals surface area (Å²) in [5.74, 6) is 0.855. The summed E-state index contributed by atoms with van der Waals surface area (Å²) in [5.41, 5.74) is 1.31. The van der Waals surface area contributed by atoms with E-state index in [1.165, 1.54) is 18.9 Å². The maximum atomic E-state index is 13.4. The van der Waals surface area contributed by atoms with E-state index in [1.807, 2.05) is 39.0 Å². The van der Waals surface area contributed by atoms with Gasteiger partial charge in [0, 0.05) is 15.5 Å². The minimum absolute atomic E-state index is 0.271. The Bertz CT molecular complexity index is 1390. The fourth-order valence-corrected chi connectivity index (χ4v) is 3.97. The van der Waals surface area contributed by atoms with Gasteiger partial charge in [-0.15, -0.1) is 6.58 Å². The van der Waals surface area contributed by atoms with Gasteiger partial charge in [0.2, 0.25) is 0 Å². The van der Waals surface area contributed by atoms with Crippen LogP contribution in [0.5, 0.6) is 11.5 Å². The van der Waals surface area contributed by atoms with Crippen molar-refractivity contribution in [1.82, 2.24) is 9.66 Å². The average Bonchev–Trinajstić information content (AvgIpc) is 2.83. The molecule has 0 unspecified atom stereocenters. The quantitative estimate of drug-likeness (QED) is 0.220. The highest BCUT2D eigenvalue weighted by Crippen LogP contribution is 2.34. The molecule has 190 valence electrons. The van der Waals surface area contributed by atoms with Crippen LogP contribution in [0.25, 0.3) is 10.9 Å². The number of halogens is 1. The molecule has 0 aliphatic carbocycles. The first-order valence-electron chi connectivity index (χ1n) is 11.3. The zero-order valence-corrected chi connectivity index (χ0v) is 22.9. The number of esters is 1. The summed E-state index contributed by atoms with van der Waals surface area (Å²) < 4.78 is 18.3. The molecule has 36 heavy (non-hydrogen) atoms. The zero-order valence-electron chi connectivity index (χ0n) is 21.3. The average molecular weight is 556 g/mol. The second-order valence-corrected chi connectivity index (χ2v) is 10.1. The van der Waals surface area contributed by atoms with Crippen molar-refractivity contribution in [2.45, 2.75) is 45.6 Å². The first-order chi connectivity index (χ1) is 17.0. The third kappa shape index (κ3) is 5.84. The predicted octanol–water partition coefficient (Wildman–Crippen LogP) is 5.02. The van der Waals surface area contributed by atoms with Gasteiger partial charge in [0.25, 0.3) is 5.56 Å². The Morgan fingerprint density at radius 3 is 2.58 bits per heavy atom. The van der Waals surface area contributed by atoms with Gasteiger partial charge in [0.1, 0.15) is 5.82 Å². The van der Waals surface area contributed by atoms with Crippen LogP contribution in [0.1, 0.15) is 44.6 Å². The van der Waals surface area contributed by atoms with Crippen molar-refractivity contribution in [3.63, 3.8) is 0 Å². The Morgan fingerprint density at radius 1 is 1.25 bits per heavy atom. The van der Waals surface area contributed by atoms with Crippen molar-refractivity contribution in [2.24, 2.45) is 5.10 Å². The number of carbonyl (C=O) groups is 1. The summed E-state index contributed by atoms with van der Waals surface area (Å²) in [4.78, 5) is 30.1. The maximum Gasteiger partial charge on any atom is 0.346 e. The maximum absolute atomic E-state index is 13.4. The van der Waals surface area contributed by atoms with Crippen LogP contribution in [0.4, 0.5) is 0 Å². The van der Waals surface area contributed by atoms with Crippen molar-refractivity contribution in [2.75, 3.05) is 14.2 Å². The van der Waals surface area contributed by atoms with Gasteiger partial charge in [-0.3, -0.25) is 4.79 Å². The molecule has 0 aliphatic heterocycles. The number of rotatable bonds is 8. The number of methoxy groups -OCH3 is 2. The number of fused-ring (bicyclic) bond motifs is 1. The van der Waals surface area contributed by atoms with Crippen molar-refractivity contribution in [3.05, 3.63) is 74.8 Å². The number of ether oxygens (including phenoxy) is 3. The van der Waals surface area contributed by atoms with Crippen LogP contribution in [0.15, 0.2) is 57.4 Å². The fraction of sp³-hybridized carbons (Fsp3) is 0.333. The summed E-state index contributed by atoms with van der Waals surface area (Å²) in [5, 5.41) is 4.99. The molecular weight excluding hydrogens is 526 g/mol. The molecule has 1 heterocycles. The predicted molar refractivity (Wildman–Crippen MR) is 144 cm³/mol.